The van der Waals surface area contributed by atoms with Crippen molar-refractivity contribution in [3.05, 3.63) is 71.3 Å². The van der Waals surface area contributed by atoms with Crippen LogP contribution in [0.3, 0.4) is 0 Å². The molecule has 0 aromatic heterocycles. The minimum atomic E-state index is -0.757. The summed E-state index contributed by atoms with van der Waals surface area (Å²) >= 11 is 0. The summed E-state index contributed by atoms with van der Waals surface area (Å²) in [5.41, 5.74) is 2.89. The normalized spacial score (nSPS) is 23.5. The minimum Gasteiger partial charge on any atom is -0.347 e. The standard InChI is InChI=1S/C34H45N5O4/c1-22(35-2)31(40)38-30(24-13-5-3-6-14-24)34(43)39-21-26(36-32(41)25-15-7-4-8-16-25)20-29(39)33(42)37-28-19-11-17-23-12-9-10-18-27(23)28/h4,7-10,12,15-16,18,22,24,26,28-30,35H,3,5-6,11,13-14,17,19-21H2,1-2H3,(H,36,41)(H,37,42)(H,38,40)/t22-,26+,28+,29-,30-/m0/s1. The molecule has 0 radical (unpaired) electrons. The maximum atomic E-state index is 14.4. The first-order valence-electron chi connectivity index (χ1n) is 15.9. The zero-order valence-electron chi connectivity index (χ0n) is 25.3. The Morgan fingerprint density at radius 1 is 0.860 bits per heavy atom. The Bertz CT molecular complexity index is 1290. The highest BCUT2D eigenvalue weighted by atomic mass is 16.2. The van der Waals surface area contributed by atoms with Crippen LogP contribution in [-0.2, 0) is 20.8 Å². The molecule has 5 rings (SSSR count). The van der Waals surface area contributed by atoms with Crippen molar-refractivity contribution in [2.75, 3.05) is 13.6 Å². The van der Waals surface area contributed by atoms with Gasteiger partial charge in [-0.1, -0.05) is 61.7 Å². The molecule has 1 heterocycles. The van der Waals surface area contributed by atoms with E-state index in [1.54, 1.807) is 43.1 Å². The van der Waals surface area contributed by atoms with Gasteiger partial charge in [-0.15, -0.1) is 0 Å². The summed E-state index contributed by atoms with van der Waals surface area (Å²) in [4.78, 5) is 56.1. The van der Waals surface area contributed by atoms with E-state index in [4.69, 9.17) is 0 Å². The number of rotatable bonds is 9. The zero-order chi connectivity index (χ0) is 30.3. The van der Waals surface area contributed by atoms with Crippen LogP contribution in [-0.4, -0.2) is 66.3 Å². The van der Waals surface area contributed by atoms with Gasteiger partial charge < -0.3 is 26.2 Å². The molecule has 2 aromatic carbocycles. The maximum absolute atomic E-state index is 14.4. The van der Waals surface area contributed by atoms with Gasteiger partial charge in [0.25, 0.3) is 5.91 Å². The summed E-state index contributed by atoms with van der Waals surface area (Å²) in [5, 5.41) is 12.3. The van der Waals surface area contributed by atoms with Crippen LogP contribution in [0, 0.1) is 5.92 Å². The minimum absolute atomic E-state index is 0.00106. The molecule has 5 atom stereocenters. The molecular weight excluding hydrogens is 542 g/mol. The summed E-state index contributed by atoms with van der Waals surface area (Å²) in [7, 11) is 1.71. The number of likely N-dealkylation sites (N-methyl/N-ethyl adjacent to an activating group) is 1. The SMILES string of the molecule is CN[C@@H](C)C(=O)N[C@H](C(=O)N1C[C@H](NC(=O)c2ccccc2)C[C@H]1C(=O)N[C@@H]1CCCc2ccccc21)C1CCCCC1. The molecule has 9 nitrogen and oxygen atoms in total. The molecule has 3 aliphatic rings. The van der Waals surface area contributed by atoms with Crippen molar-refractivity contribution in [2.24, 2.45) is 5.92 Å². The lowest BCUT2D eigenvalue weighted by atomic mass is 9.83. The predicted octanol–water partition coefficient (Wildman–Crippen LogP) is 3.25. The van der Waals surface area contributed by atoms with E-state index < -0.39 is 24.2 Å². The largest absolute Gasteiger partial charge is 0.347 e. The maximum Gasteiger partial charge on any atom is 0.251 e. The van der Waals surface area contributed by atoms with Gasteiger partial charge in [-0.25, -0.2) is 0 Å². The molecule has 1 aliphatic heterocycles. The van der Waals surface area contributed by atoms with Crippen LogP contribution in [0.15, 0.2) is 54.6 Å². The van der Waals surface area contributed by atoms with Crippen molar-refractivity contribution in [1.82, 2.24) is 26.2 Å². The lowest BCUT2D eigenvalue weighted by molar-refractivity contribution is -0.143. The monoisotopic (exact) mass is 587 g/mol. The highest BCUT2D eigenvalue weighted by Crippen LogP contribution is 2.32. The van der Waals surface area contributed by atoms with Crippen LogP contribution in [0.5, 0.6) is 0 Å². The van der Waals surface area contributed by atoms with E-state index >= 15 is 0 Å². The molecule has 230 valence electrons. The van der Waals surface area contributed by atoms with Crippen molar-refractivity contribution in [2.45, 2.75) is 94.9 Å². The van der Waals surface area contributed by atoms with E-state index in [0.29, 0.717) is 12.0 Å². The number of carbonyl (C=O) groups excluding carboxylic acids is 4. The first kappa shape index (κ1) is 30.7. The van der Waals surface area contributed by atoms with Crippen molar-refractivity contribution in [1.29, 1.82) is 0 Å². The molecule has 2 fully saturated rings. The second kappa shape index (κ2) is 14.2. The average Bonchev–Trinajstić information content (AvgIpc) is 3.47. The molecule has 2 aliphatic carbocycles. The Morgan fingerprint density at radius 2 is 1.58 bits per heavy atom. The number of nitrogens with zero attached hydrogens (tertiary/aromatic N) is 1. The third-order valence-corrected chi connectivity index (χ3v) is 9.46. The molecule has 0 unspecified atom stereocenters. The molecule has 0 bridgehead atoms. The molecule has 9 heteroatoms. The van der Waals surface area contributed by atoms with Crippen LogP contribution in [0.2, 0.25) is 0 Å². The summed E-state index contributed by atoms with van der Waals surface area (Å²) in [5.74, 6) is -0.936. The summed E-state index contributed by atoms with van der Waals surface area (Å²) in [6.45, 7) is 1.97. The van der Waals surface area contributed by atoms with Crippen molar-refractivity contribution in [3.8, 4) is 0 Å². The third-order valence-electron chi connectivity index (χ3n) is 9.46. The number of nitrogens with one attached hydrogen (secondary N) is 4. The summed E-state index contributed by atoms with van der Waals surface area (Å²) < 4.78 is 0. The van der Waals surface area contributed by atoms with E-state index in [2.05, 4.69) is 33.4 Å². The van der Waals surface area contributed by atoms with E-state index in [-0.39, 0.29) is 42.1 Å². The Morgan fingerprint density at radius 3 is 2.33 bits per heavy atom. The zero-order valence-corrected chi connectivity index (χ0v) is 25.3. The van der Waals surface area contributed by atoms with Gasteiger partial charge >= 0.3 is 0 Å². The van der Waals surface area contributed by atoms with Crippen molar-refractivity contribution in [3.63, 3.8) is 0 Å². The number of hydrogen-bond donors (Lipinski definition) is 4. The fourth-order valence-electron chi connectivity index (χ4n) is 6.90. The van der Waals surface area contributed by atoms with Gasteiger partial charge in [-0.3, -0.25) is 19.2 Å². The van der Waals surface area contributed by atoms with Crippen LogP contribution < -0.4 is 21.3 Å². The fraction of sp³-hybridized carbons (Fsp3) is 0.529. The molecule has 4 amide bonds. The van der Waals surface area contributed by atoms with Crippen LogP contribution in [0.4, 0.5) is 0 Å². The van der Waals surface area contributed by atoms with Gasteiger partial charge in [0.2, 0.25) is 17.7 Å². The van der Waals surface area contributed by atoms with Crippen LogP contribution in [0.25, 0.3) is 0 Å². The average molecular weight is 588 g/mol. The van der Waals surface area contributed by atoms with Gasteiger partial charge in [0.1, 0.15) is 12.1 Å². The van der Waals surface area contributed by atoms with Crippen molar-refractivity contribution >= 4 is 23.6 Å². The van der Waals surface area contributed by atoms with Crippen LogP contribution in [0.1, 0.15) is 85.8 Å². The number of aryl methyl sites for hydroxylation is 1. The lowest BCUT2D eigenvalue weighted by Crippen LogP contribution is -2.58. The highest BCUT2D eigenvalue weighted by molar-refractivity contribution is 5.96. The van der Waals surface area contributed by atoms with E-state index in [1.165, 1.54) is 5.56 Å². The second-order valence-electron chi connectivity index (χ2n) is 12.3. The first-order chi connectivity index (χ1) is 20.9. The van der Waals surface area contributed by atoms with Gasteiger partial charge in [0.05, 0.1) is 12.1 Å². The molecule has 4 N–H and O–H groups in total. The first-order valence-corrected chi connectivity index (χ1v) is 15.9. The number of benzene rings is 2. The van der Waals surface area contributed by atoms with Crippen LogP contribution >= 0.6 is 0 Å². The molecule has 1 saturated carbocycles. The van der Waals surface area contributed by atoms with Gasteiger partial charge in [-0.2, -0.15) is 0 Å². The topological polar surface area (TPSA) is 120 Å². The molecule has 43 heavy (non-hydrogen) atoms. The van der Waals surface area contributed by atoms with Gasteiger partial charge in [0.15, 0.2) is 0 Å². The van der Waals surface area contributed by atoms with Gasteiger partial charge in [0, 0.05) is 18.2 Å². The van der Waals surface area contributed by atoms with E-state index in [9.17, 15) is 19.2 Å². The number of carbonyl (C=O) groups is 4. The summed E-state index contributed by atoms with van der Waals surface area (Å²) in [6, 6.07) is 14.7. The lowest BCUT2D eigenvalue weighted by Gasteiger charge is -2.35. The molecular formula is C34H45N5O4. The molecule has 0 spiro atoms. The number of likely N-dealkylation sites (tertiary alicyclic amines) is 1. The van der Waals surface area contributed by atoms with E-state index in [0.717, 1.165) is 56.9 Å². The second-order valence-corrected chi connectivity index (χ2v) is 12.3. The van der Waals surface area contributed by atoms with Gasteiger partial charge in [-0.05, 0) is 81.7 Å². The molecule has 1 saturated heterocycles. The predicted molar refractivity (Wildman–Crippen MR) is 165 cm³/mol. The van der Waals surface area contributed by atoms with Crippen molar-refractivity contribution < 1.29 is 19.2 Å². The number of fused-ring (bicyclic) bond motifs is 1. The Balaban J connectivity index is 1.39. The number of hydrogen-bond acceptors (Lipinski definition) is 5. The third kappa shape index (κ3) is 7.26. The quantitative estimate of drug-likeness (QED) is 0.359. The highest BCUT2D eigenvalue weighted by Gasteiger charge is 2.45. The Kier molecular flexibility index (Phi) is 10.1. The summed E-state index contributed by atoms with van der Waals surface area (Å²) in [6.07, 6.45) is 7.93. The smallest absolute Gasteiger partial charge is 0.251 e. The Hall–Kier alpha value is -3.72. The molecule has 2 aromatic rings. The fourth-order valence-corrected chi connectivity index (χ4v) is 6.90. The van der Waals surface area contributed by atoms with E-state index in [1.807, 2.05) is 18.2 Å². The Labute approximate surface area is 254 Å². The number of amides is 4.